The molecule has 1 N–H and O–H groups in total. The summed E-state index contributed by atoms with van der Waals surface area (Å²) in [5.41, 5.74) is 4.90. The highest BCUT2D eigenvalue weighted by Crippen LogP contribution is 2.37. The van der Waals surface area contributed by atoms with Gasteiger partial charge < -0.3 is 14.8 Å². The van der Waals surface area contributed by atoms with Crippen molar-refractivity contribution < 1.29 is 13.9 Å². The van der Waals surface area contributed by atoms with Crippen LogP contribution in [0.5, 0.6) is 11.5 Å². The smallest absolute Gasteiger partial charge is 0.231 e. The number of hydrogen-bond donors (Lipinski definition) is 1. The normalized spacial score (nSPS) is 12.6. The number of halogens is 1. The van der Waals surface area contributed by atoms with E-state index in [2.05, 4.69) is 22.8 Å². The fourth-order valence-corrected chi connectivity index (χ4v) is 4.02. The minimum atomic E-state index is -0.221. The first-order valence-electron chi connectivity index (χ1n) is 8.97. The Morgan fingerprint density at radius 3 is 2.75 bits per heavy atom. The second-order valence-electron chi connectivity index (χ2n) is 6.64. The molecule has 0 atom stereocenters. The third-order valence-electron chi connectivity index (χ3n) is 4.72. The van der Waals surface area contributed by atoms with Crippen LogP contribution in [0.15, 0.2) is 59.3 Å². The molecule has 0 unspecified atom stereocenters. The molecular weight excluding hydrogens is 375 g/mol. The minimum absolute atomic E-state index is 0.221. The lowest BCUT2D eigenvalue weighted by Crippen LogP contribution is -2.14. The molecule has 28 heavy (non-hydrogen) atoms. The van der Waals surface area contributed by atoms with E-state index in [1.54, 1.807) is 23.5 Å². The number of nitrogens with zero attached hydrogens (tertiary/aromatic N) is 1. The standard InChI is InChI=1S/C22H17FN2O2S/c23-18-3-1-2-14(6-18)10-24-11-17-7-16-8-20-21(27-13-26-20)9-19(16)25-22(17)15-4-5-28-12-15/h1-9,12,24H,10-11,13H2. The molecule has 2 aromatic carbocycles. The number of nitrogens with one attached hydrogen (secondary N) is 1. The van der Waals surface area contributed by atoms with E-state index in [-0.39, 0.29) is 12.6 Å². The Labute approximate surface area is 165 Å². The monoisotopic (exact) mass is 392 g/mol. The first-order chi connectivity index (χ1) is 13.8. The first kappa shape index (κ1) is 17.2. The van der Waals surface area contributed by atoms with Crippen molar-refractivity contribution in [3.05, 3.63) is 76.2 Å². The minimum Gasteiger partial charge on any atom is -0.454 e. The second kappa shape index (κ2) is 7.22. The highest BCUT2D eigenvalue weighted by atomic mass is 32.1. The quantitative estimate of drug-likeness (QED) is 0.512. The fourth-order valence-electron chi connectivity index (χ4n) is 3.38. The zero-order valence-electron chi connectivity index (χ0n) is 14.9. The lowest BCUT2D eigenvalue weighted by Gasteiger charge is -2.12. The van der Waals surface area contributed by atoms with Crippen LogP contribution in [0.25, 0.3) is 22.2 Å². The van der Waals surface area contributed by atoms with Gasteiger partial charge in [0.15, 0.2) is 11.5 Å². The molecule has 0 radical (unpaired) electrons. The number of thiophene rings is 1. The Hall–Kier alpha value is -2.96. The summed E-state index contributed by atoms with van der Waals surface area (Å²) in [6, 6.07) is 14.7. The van der Waals surface area contributed by atoms with Crippen LogP contribution in [0, 0.1) is 5.82 Å². The van der Waals surface area contributed by atoms with Crippen molar-refractivity contribution in [1.82, 2.24) is 10.3 Å². The first-order valence-corrected chi connectivity index (χ1v) is 9.91. The molecule has 0 saturated carbocycles. The number of aromatic nitrogens is 1. The second-order valence-corrected chi connectivity index (χ2v) is 7.42. The van der Waals surface area contributed by atoms with Gasteiger partial charge in [0.05, 0.1) is 11.2 Å². The van der Waals surface area contributed by atoms with Gasteiger partial charge in [-0.15, -0.1) is 0 Å². The third kappa shape index (κ3) is 3.32. The average Bonchev–Trinajstić information content (AvgIpc) is 3.37. The van der Waals surface area contributed by atoms with E-state index in [1.807, 2.05) is 23.6 Å². The summed E-state index contributed by atoms with van der Waals surface area (Å²) in [5.74, 6) is 1.26. The van der Waals surface area contributed by atoms with E-state index in [4.69, 9.17) is 14.5 Å². The van der Waals surface area contributed by atoms with Crippen LogP contribution in [-0.4, -0.2) is 11.8 Å². The number of ether oxygens (including phenoxy) is 2. The van der Waals surface area contributed by atoms with Gasteiger partial charge in [0.1, 0.15) is 5.82 Å². The molecule has 0 fully saturated rings. The van der Waals surface area contributed by atoms with Gasteiger partial charge in [0.2, 0.25) is 6.79 Å². The van der Waals surface area contributed by atoms with Crippen molar-refractivity contribution >= 4 is 22.2 Å². The van der Waals surface area contributed by atoms with Crippen LogP contribution < -0.4 is 14.8 Å². The Balaban J connectivity index is 1.48. The largest absolute Gasteiger partial charge is 0.454 e. The summed E-state index contributed by atoms with van der Waals surface area (Å²) < 4.78 is 24.4. The maximum Gasteiger partial charge on any atom is 0.231 e. The predicted octanol–water partition coefficient (Wildman–Crippen LogP) is 5.12. The van der Waals surface area contributed by atoms with Gasteiger partial charge in [0.25, 0.3) is 0 Å². The van der Waals surface area contributed by atoms with Gasteiger partial charge in [0, 0.05) is 35.5 Å². The molecule has 140 valence electrons. The molecule has 3 heterocycles. The van der Waals surface area contributed by atoms with Crippen molar-refractivity contribution in [2.24, 2.45) is 0 Å². The fraction of sp³-hybridized carbons (Fsp3) is 0.136. The van der Waals surface area contributed by atoms with Crippen LogP contribution in [0.2, 0.25) is 0 Å². The van der Waals surface area contributed by atoms with Gasteiger partial charge in [-0.05, 0) is 46.8 Å². The summed E-state index contributed by atoms with van der Waals surface area (Å²) in [4.78, 5) is 4.91. The average molecular weight is 392 g/mol. The maximum absolute atomic E-state index is 13.4. The molecule has 4 aromatic rings. The van der Waals surface area contributed by atoms with E-state index in [9.17, 15) is 4.39 Å². The Kier molecular flexibility index (Phi) is 4.43. The van der Waals surface area contributed by atoms with Crippen LogP contribution in [0.3, 0.4) is 0 Å². The van der Waals surface area contributed by atoms with Gasteiger partial charge in [-0.25, -0.2) is 9.37 Å². The highest BCUT2D eigenvalue weighted by Gasteiger charge is 2.17. The number of pyridine rings is 1. The number of fused-ring (bicyclic) bond motifs is 2. The van der Waals surface area contributed by atoms with Crippen molar-refractivity contribution in [3.8, 4) is 22.8 Å². The summed E-state index contributed by atoms with van der Waals surface area (Å²) in [6.45, 7) is 1.45. The van der Waals surface area contributed by atoms with Crippen LogP contribution >= 0.6 is 11.3 Å². The lowest BCUT2D eigenvalue weighted by molar-refractivity contribution is 0.174. The van der Waals surface area contributed by atoms with Gasteiger partial charge in [-0.3, -0.25) is 0 Å². The molecular formula is C22H17FN2O2S. The maximum atomic E-state index is 13.4. The molecule has 0 spiro atoms. The SMILES string of the molecule is Fc1cccc(CNCc2cc3cc4c(cc3nc2-c2ccsc2)OCO4)c1. The molecule has 4 nitrogen and oxygen atoms in total. The van der Waals surface area contributed by atoms with Crippen molar-refractivity contribution in [2.45, 2.75) is 13.1 Å². The summed E-state index contributed by atoms with van der Waals surface area (Å²) in [6.07, 6.45) is 0. The molecule has 0 bridgehead atoms. The summed E-state index contributed by atoms with van der Waals surface area (Å²) in [7, 11) is 0. The molecule has 2 aromatic heterocycles. The van der Waals surface area contributed by atoms with E-state index in [0.29, 0.717) is 13.1 Å². The predicted molar refractivity (Wildman–Crippen MR) is 108 cm³/mol. The van der Waals surface area contributed by atoms with E-state index < -0.39 is 0 Å². The molecule has 1 aliphatic heterocycles. The van der Waals surface area contributed by atoms with E-state index in [1.165, 1.54) is 6.07 Å². The number of hydrogen-bond acceptors (Lipinski definition) is 5. The number of rotatable bonds is 5. The molecule has 0 saturated heterocycles. The van der Waals surface area contributed by atoms with Gasteiger partial charge >= 0.3 is 0 Å². The Bertz CT molecular complexity index is 1140. The Morgan fingerprint density at radius 1 is 1.04 bits per heavy atom. The molecule has 1 aliphatic rings. The molecule has 0 aliphatic carbocycles. The van der Waals surface area contributed by atoms with Gasteiger partial charge in [-0.1, -0.05) is 12.1 Å². The van der Waals surface area contributed by atoms with Crippen molar-refractivity contribution in [2.75, 3.05) is 6.79 Å². The number of benzene rings is 2. The lowest BCUT2D eigenvalue weighted by atomic mass is 10.0. The van der Waals surface area contributed by atoms with E-state index in [0.717, 1.165) is 44.8 Å². The third-order valence-corrected chi connectivity index (χ3v) is 5.40. The van der Waals surface area contributed by atoms with Crippen LogP contribution in [0.4, 0.5) is 4.39 Å². The molecule has 6 heteroatoms. The molecule has 0 amide bonds. The summed E-state index contributed by atoms with van der Waals surface area (Å²) >= 11 is 1.64. The van der Waals surface area contributed by atoms with Crippen molar-refractivity contribution in [3.63, 3.8) is 0 Å². The highest BCUT2D eigenvalue weighted by molar-refractivity contribution is 7.08. The zero-order valence-corrected chi connectivity index (χ0v) is 15.8. The zero-order chi connectivity index (χ0) is 18.9. The van der Waals surface area contributed by atoms with Crippen LogP contribution in [0.1, 0.15) is 11.1 Å². The molecule has 5 rings (SSSR count). The van der Waals surface area contributed by atoms with E-state index >= 15 is 0 Å². The topological polar surface area (TPSA) is 43.4 Å². The van der Waals surface area contributed by atoms with Crippen molar-refractivity contribution in [1.29, 1.82) is 0 Å². The van der Waals surface area contributed by atoms with Gasteiger partial charge in [-0.2, -0.15) is 11.3 Å². The summed E-state index contributed by atoms with van der Waals surface area (Å²) in [5, 5.41) is 8.55. The van der Waals surface area contributed by atoms with Crippen LogP contribution in [-0.2, 0) is 13.1 Å². The Morgan fingerprint density at radius 2 is 1.93 bits per heavy atom.